The highest BCUT2D eigenvalue weighted by atomic mass is 32.2. The Labute approximate surface area is 244 Å². The zero-order valence-electron chi connectivity index (χ0n) is 23.7. The van der Waals surface area contributed by atoms with Gasteiger partial charge < -0.3 is 14.8 Å². The molecule has 1 N–H and O–H groups in total. The summed E-state index contributed by atoms with van der Waals surface area (Å²) in [5, 5.41) is 7.80. The van der Waals surface area contributed by atoms with Gasteiger partial charge in [0.1, 0.15) is 12.4 Å². The van der Waals surface area contributed by atoms with Crippen LogP contribution in [0.1, 0.15) is 35.3 Å². The first-order valence-electron chi connectivity index (χ1n) is 13.6. The van der Waals surface area contributed by atoms with E-state index in [1.54, 1.807) is 19.1 Å². The van der Waals surface area contributed by atoms with Crippen LogP contribution >= 0.6 is 11.8 Å². The molecule has 0 aliphatic carbocycles. The van der Waals surface area contributed by atoms with Crippen LogP contribution in [0.3, 0.4) is 0 Å². The van der Waals surface area contributed by atoms with Gasteiger partial charge in [0.25, 0.3) is 0 Å². The lowest BCUT2D eigenvalue weighted by Crippen LogP contribution is -2.42. The number of carbonyl (C=O) groups excluding carboxylic acids is 2. The summed E-state index contributed by atoms with van der Waals surface area (Å²) < 4.78 is 12.9. The number of hydrogen-bond acceptors (Lipinski definition) is 6. The molecule has 1 atom stereocenters. The van der Waals surface area contributed by atoms with Gasteiger partial charge in [-0.2, -0.15) is 5.10 Å². The van der Waals surface area contributed by atoms with Crippen molar-refractivity contribution in [2.45, 2.75) is 25.5 Å². The van der Waals surface area contributed by atoms with Crippen molar-refractivity contribution >= 4 is 29.4 Å². The SMILES string of the molecule is CCCNC(=O)CN1C(=O)CS[C@H](c2ccc(OC)c(OC)c2)c2c(-c3ccccc3)nn(-c3cccc(C)c3)c21. The molecule has 9 heteroatoms. The zero-order chi connectivity index (χ0) is 28.9. The van der Waals surface area contributed by atoms with Crippen molar-refractivity contribution in [1.82, 2.24) is 15.1 Å². The van der Waals surface area contributed by atoms with Gasteiger partial charge in [-0.3, -0.25) is 14.5 Å². The van der Waals surface area contributed by atoms with E-state index in [1.807, 2.05) is 91.3 Å². The number of aromatic nitrogens is 2. The Balaban J connectivity index is 1.79. The number of carbonyl (C=O) groups is 2. The van der Waals surface area contributed by atoms with E-state index in [-0.39, 0.29) is 29.4 Å². The standard InChI is InChI=1S/C32H34N4O4S/c1-5-16-33-27(37)19-35-28(38)20-41-31(23-14-15-25(39-3)26(18-23)40-4)29-30(22-11-7-6-8-12-22)34-36(32(29)35)24-13-9-10-21(2)17-24/h6-15,17-18,31H,5,16,19-20H2,1-4H3,(H,33,37)/t31-/m1/s1. The maximum atomic E-state index is 13.8. The van der Waals surface area contributed by atoms with Crippen molar-refractivity contribution in [3.8, 4) is 28.4 Å². The third-order valence-corrected chi connectivity index (χ3v) is 8.22. The number of hydrogen-bond donors (Lipinski definition) is 1. The molecule has 0 bridgehead atoms. The molecule has 0 fully saturated rings. The van der Waals surface area contributed by atoms with Crippen molar-refractivity contribution in [3.05, 3.63) is 89.5 Å². The number of thioether (sulfide) groups is 1. The molecule has 0 saturated carbocycles. The number of aryl methyl sites for hydroxylation is 1. The van der Waals surface area contributed by atoms with E-state index in [4.69, 9.17) is 14.6 Å². The number of fused-ring (bicyclic) bond motifs is 1. The van der Waals surface area contributed by atoms with Gasteiger partial charge in [-0.15, -0.1) is 11.8 Å². The fourth-order valence-corrected chi connectivity index (χ4v) is 6.20. The molecule has 212 valence electrons. The van der Waals surface area contributed by atoms with Crippen LogP contribution in [0.4, 0.5) is 5.82 Å². The molecule has 0 radical (unpaired) electrons. The van der Waals surface area contributed by atoms with Crippen LogP contribution in [0.25, 0.3) is 16.9 Å². The van der Waals surface area contributed by atoms with E-state index in [1.165, 1.54) is 11.8 Å². The molecule has 1 aromatic heterocycles. The molecule has 3 aromatic carbocycles. The maximum absolute atomic E-state index is 13.8. The monoisotopic (exact) mass is 570 g/mol. The van der Waals surface area contributed by atoms with Crippen LogP contribution in [0.5, 0.6) is 11.5 Å². The second kappa shape index (κ2) is 12.5. The predicted molar refractivity (Wildman–Crippen MR) is 163 cm³/mol. The summed E-state index contributed by atoms with van der Waals surface area (Å²) >= 11 is 1.52. The largest absolute Gasteiger partial charge is 0.493 e. The van der Waals surface area contributed by atoms with E-state index >= 15 is 0 Å². The molecule has 0 saturated heterocycles. The smallest absolute Gasteiger partial charge is 0.240 e. The number of nitrogens with one attached hydrogen (secondary N) is 1. The first-order valence-corrected chi connectivity index (χ1v) is 14.7. The topological polar surface area (TPSA) is 85.7 Å². The fraction of sp³-hybridized carbons (Fsp3) is 0.281. The minimum absolute atomic E-state index is 0.100. The van der Waals surface area contributed by atoms with Gasteiger partial charge in [0.05, 0.1) is 36.6 Å². The second-order valence-corrected chi connectivity index (χ2v) is 10.9. The van der Waals surface area contributed by atoms with Crippen LogP contribution in [0, 0.1) is 6.92 Å². The first kappa shape index (κ1) is 28.3. The van der Waals surface area contributed by atoms with Crippen LogP contribution in [0.15, 0.2) is 72.8 Å². The summed E-state index contributed by atoms with van der Waals surface area (Å²) in [7, 11) is 3.22. The van der Waals surface area contributed by atoms with Gasteiger partial charge in [-0.25, -0.2) is 4.68 Å². The second-order valence-electron chi connectivity index (χ2n) is 9.84. The number of ether oxygens (including phenoxy) is 2. The Hall–Kier alpha value is -4.24. The van der Waals surface area contributed by atoms with Crippen molar-refractivity contribution in [2.75, 3.05) is 38.0 Å². The highest BCUT2D eigenvalue weighted by Crippen LogP contribution is 2.49. The number of benzene rings is 3. The molecule has 5 rings (SSSR count). The molecule has 2 amide bonds. The number of amides is 2. The van der Waals surface area contributed by atoms with Gasteiger partial charge in [0, 0.05) is 17.7 Å². The molecular weight excluding hydrogens is 536 g/mol. The number of methoxy groups -OCH3 is 2. The Morgan fingerprint density at radius 2 is 1.80 bits per heavy atom. The normalized spacial score (nSPS) is 14.8. The van der Waals surface area contributed by atoms with Crippen molar-refractivity contribution in [2.24, 2.45) is 0 Å². The number of anilines is 1. The summed E-state index contributed by atoms with van der Waals surface area (Å²) in [5.74, 6) is 1.65. The maximum Gasteiger partial charge on any atom is 0.240 e. The van der Waals surface area contributed by atoms with E-state index in [0.717, 1.165) is 40.1 Å². The Morgan fingerprint density at radius 3 is 2.51 bits per heavy atom. The summed E-state index contributed by atoms with van der Waals surface area (Å²) in [6.07, 6.45) is 0.807. The summed E-state index contributed by atoms with van der Waals surface area (Å²) in [4.78, 5) is 28.5. The molecule has 41 heavy (non-hydrogen) atoms. The van der Waals surface area contributed by atoms with Crippen LogP contribution in [-0.2, 0) is 9.59 Å². The van der Waals surface area contributed by atoms with Crippen LogP contribution in [-0.4, -0.2) is 54.7 Å². The molecule has 0 spiro atoms. The van der Waals surface area contributed by atoms with Crippen molar-refractivity contribution in [1.29, 1.82) is 0 Å². The zero-order valence-corrected chi connectivity index (χ0v) is 24.5. The lowest BCUT2D eigenvalue weighted by atomic mass is 9.99. The summed E-state index contributed by atoms with van der Waals surface area (Å²) in [6, 6.07) is 23.8. The van der Waals surface area contributed by atoms with E-state index in [0.29, 0.717) is 23.9 Å². The first-order chi connectivity index (χ1) is 19.9. The van der Waals surface area contributed by atoms with Gasteiger partial charge in [-0.1, -0.05) is 55.5 Å². The summed E-state index contributed by atoms with van der Waals surface area (Å²) in [6.45, 7) is 4.46. The van der Waals surface area contributed by atoms with E-state index in [2.05, 4.69) is 5.32 Å². The average Bonchev–Trinajstić information content (AvgIpc) is 3.32. The van der Waals surface area contributed by atoms with Crippen molar-refractivity contribution in [3.63, 3.8) is 0 Å². The highest BCUT2D eigenvalue weighted by Gasteiger charge is 2.38. The molecule has 8 nitrogen and oxygen atoms in total. The average molecular weight is 571 g/mol. The molecule has 1 aliphatic rings. The van der Waals surface area contributed by atoms with E-state index in [9.17, 15) is 9.59 Å². The molecule has 0 unspecified atom stereocenters. The Kier molecular flexibility index (Phi) is 8.64. The molecular formula is C32H34N4O4S. The molecule has 4 aromatic rings. The minimum atomic E-state index is -0.272. The number of nitrogens with zero attached hydrogens (tertiary/aromatic N) is 3. The van der Waals surface area contributed by atoms with Gasteiger partial charge in [0.15, 0.2) is 11.5 Å². The predicted octanol–water partition coefficient (Wildman–Crippen LogP) is 5.56. The Bertz CT molecular complexity index is 1550. The third-order valence-electron chi connectivity index (χ3n) is 6.97. The molecule has 1 aliphatic heterocycles. The van der Waals surface area contributed by atoms with Gasteiger partial charge >= 0.3 is 0 Å². The fourth-order valence-electron chi connectivity index (χ4n) is 5.01. The van der Waals surface area contributed by atoms with E-state index < -0.39 is 0 Å². The Morgan fingerprint density at radius 1 is 1.02 bits per heavy atom. The van der Waals surface area contributed by atoms with Gasteiger partial charge in [-0.05, 0) is 48.7 Å². The minimum Gasteiger partial charge on any atom is -0.493 e. The van der Waals surface area contributed by atoms with Gasteiger partial charge in [0.2, 0.25) is 11.8 Å². The van der Waals surface area contributed by atoms with Crippen LogP contribution in [0.2, 0.25) is 0 Å². The lowest BCUT2D eigenvalue weighted by Gasteiger charge is -2.23. The highest BCUT2D eigenvalue weighted by molar-refractivity contribution is 8.00. The molecule has 2 heterocycles. The van der Waals surface area contributed by atoms with Crippen LogP contribution < -0.4 is 19.7 Å². The summed E-state index contributed by atoms with van der Waals surface area (Å²) in [5.41, 5.74) is 5.36. The quantitative estimate of drug-likeness (QED) is 0.284. The number of rotatable bonds is 9. The van der Waals surface area contributed by atoms with Crippen molar-refractivity contribution < 1.29 is 19.1 Å². The lowest BCUT2D eigenvalue weighted by molar-refractivity contribution is -0.122. The third kappa shape index (κ3) is 5.81.